The van der Waals surface area contributed by atoms with Crippen LogP contribution in [0.2, 0.25) is 5.02 Å². The van der Waals surface area contributed by atoms with Gasteiger partial charge in [-0.2, -0.15) is 4.99 Å². The van der Waals surface area contributed by atoms with Crippen LogP contribution >= 0.6 is 11.6 Å². The zero-order valence-electron chi connectivity index (χ0n) is 11.7. The molecule has 2 aromatic carbocycles. The van der Waals surface area contributed by atoms with Crippen LogP contribution in [0.1, 0.15) is 17.0 Å². The van der Waals surface area contributed by atoms with E-state index in [0.717, 1.165) is 0 Å². The number of guanidine groups is 1. The number of amides is 1. The second-order valence-electron chi connectivity index (χ2n) is 4.78. The minimum Gasteiger partial charge on any atom is -0.370 e. The van der Waals surface area contributed by atoms with Crippen molar-refractivity contribution in [3.05, 3.63) is 70.5 Å². The molecule has 4 N–H and O–H groups in total. The summed E-state index contributed by atoms with van der Waals surface area (Å²) in [4.78, 5) is 15.9. The van der Waals surface area contributed by atoms with Gasteiger partial charge in [0.25, 0.3) is 5.91 Å². The Bertz CT molecular complexity index is 714. The van der Waals surface area contributed by atoms with Crippen molar-refractivity contribution >= 4 is 23.5 Å². The van der Waals surface area contributed by atoms with E-state index in [-0.39, 0.29) is 18.2 Å². The fourth-order valence-corrected chi connectivity index (χ4v) is 2.46. The van der Waals surface area contributed by atoms with E-state index in [9.17, 15) is 9.18 Å². The largest absolute Gasteiger partial charge is 0.370 e. The summed E-state index contributed by atoms with van der Waals surface area (Å²) in [6.07, 6.45) is 0.247. The summed E-state index contributed by atoms with van der Waals surface area (Å²) in [6.45, 7) is 0. The van der Waals surface area contributed by atoms with Gasteiger partial charge in [-0.3, -0.25) is 4.79 Å². The van der Waals surface area contributed by atoms with Gasteiger partial charge in [0.2, 0.25) is 0 Å². The molecule has 0 aliphatic heterocycles. The van der Waals surface area contributed by atoms with Gasteiger partial charge >= 0.3 is 0 Å². The Labute approximate surface area is 132 Å². The highest BCUT2D eigenvalue weighted by molar-refractivity contribution is 6.31. The van der Waals surface area contributed by atoms with Gasteiger partial charge in [0.05, 0.1) is 5.92 Å². The Balaban J connectivity index is 2.40. The molecule has 0 aliphatic carbocycles. The fourth-order valence-electron chi connectivity index (χ4n) is 2.19. The number of rotatable bonds is 4. The van der Waals surface area contributed by atoms with Crippen LogP contribution < -0.4 is 11.5 Å². The molecule has 0 saturated carbocycles. The number of hydrogen-bond donors (Lipinski definition) is 2. The third-order valence-electron chi connectivity index (χ3n) is 3.15. The van der Waals surface area contributed by atoms with Crippen molar-refractivity contribution in [1.29, 1.82) is 0 Å². The molecule has 0 aromatic heterocycles. The van der Waals surface area contributed by atoms with Crippen LogP contribution in [0, 0.1) is 5.82 Å². The van der Waals surface area contributed by atoms with Crippen LogP contribution in [0.3, 0.4) is 0 Å². The molecule has 6 heteroatoms. The number of nitrogens with zero attached hydrogens (tertiary/aromatic N) is 1. The van der Waals surface area contributed by atoms with Crippen molar-refractivity contribution < 1.29 is 9.18 Å². The molecule has 1 atom stereocenters. The maximum absolute atomic E-state index is 13.3. The van der Waals surface area contributed by atoms with Gasteiger partial charge in [-0.05, 0) is 35.7 Å². The van der Waals surface area contributed by atoms with Crippen LogP contribution in [0.25, 0.3) is 0 Å². The Kier molecular flexibility index (Phi) is 5.12. The van der Waals surface area contributed by atoms with Gasteiger partial charge in [-0.1, -0.05) is 41.9 Å². The molecule has 0 aliphatic rings. The van der Waals surface area contributed by atoms with Gasteiger partial charge in [-0.25, -0.2) is 4.39 Å². The SMILES string of the molecule is NC(N)=NC(=O)C(Cc1cccc(F)c1)c1ccccc1Cl. The molecule has 0 spiro atoms. The summed E-state index contributed by atoms with van der Waals surface area (Å²) in [5.74, 6) is -1.89. The monoisotopic (exact) mass is 319 g/mol. The molecule has 2 aromatic rings. The first kappa shape index (κ1) is 16.0. The number of aliphatic imine (C=N–C) groups is 1. The number of halogens is 2. The molecule has 2 rings (SSSR count). The van der Waals surface area contributed by atoms with E-state index in [1.54, 1.807) is 36.4 Å². The molecule has 0 bridgehead atoms. The number of hydrogen-bond acceptors (Lipinski definition) is 1. The third-order valence-corrected chi connectivity index (χ3v) is 3.49. The Hall–Kier alpha value is -2.40. The highest BCUT2D eigenvalue weighted by Gasteiger charge is 2.23. The lowest BCUT2D eigenvalue weighted by Crippen LogP contribution is -2.26. The third kappa shape index (κ3) is 4.05. The minimum absolute atomic E-state index is 0.247. The molecular weight excluding hydrogens is 305 g/mol. The topological polar surface area (TPSA) is 81.5 Å². The van der Waals surface area contributed by atoms with E-state index in [0.29, 0.717) is 16.1 Å². The van der Waals surface area contributed by atoms with Crippen molar-refractivity contribution in [3.8, 4) is 0 Å². The maximum atomic E-state index is 13.3. The first-order valence-corrected chi connectivity index (χ1v) is 6.97. The Morgan fingerprint density at radius 1 is 1.18 bits per heavy atom. The fraction of sp³-hybridized carbons (Fsp3) is 0.125. The summed E-state index contributed by atoms with van der Waals surface area (Å²) in [5.41, 5.74) is 11.8. The van der Waals surface area contributed by atoms with E-state index in [2.05, 4.69) is 4.99 Å². The average molecular weight is 320 g/mol. The summed E-state index contributed by atoms with van der Waals surface area (Å²) in [5, 5.41) is 0.433. The minimum atomic E-state index is -0.683. The lowest BCUT2D eigenvalue weighted by molar-refractivity contribution is -0.119. The van der Waals surface area contributed by atoms with Crippen LogP contribution in [-0.2, 0) is 11.2 Å². The predicted octanol–water partition coefficient (Wildman–Crippen LogP) is 2.61. The van der Waals surface area contributed by atoms with Crippen LogP contribution in [0.15, 0.2) is 53.5 Å². The summed E-state index contributed by atoms with van der Waals surface area (Å²) in [7, 11) is 0. The predicted molar refractivity (Wildman–Crippen MR) is 85.1 cm³/mol. The molecule has 114 valence electrons. The molecule has 1 amide bonds. The normalized spacial score (nSPS) is 11.7. The van der Waals surface area contributed by atoms with Crippen molar-refractivity contribution in [3.63, 3.8) is 0 Å². The zero-order valence-corrected chi connectivity index (χ0v) is 12.4. The van der Waals surface area contributed by atoms with Crippen LogP contribution in [0.5, 0.6) is 0 Å². The summed E-state index contributed by atoms with van der Waals surface area (Å²) >= 11 is 6.16. The first-order chi connectivity index (χ1) is 10.5. The summed E-state index contributed by atoms with van der Waals surface area (Å²) in [6, 6.07) is 13.0. The lowest BCUT2D eigenvalue weighted by Gasteiger charge is -2.15. The first-order valence-electron chi connectivity index (χ1n) is 6.59. The second-order valence-corrected chi connectivity index (χ2v) is 5.19. The molecule has 0 radical (unpaired) electrons. The van der Waals surface area contributed by atoms with Crippen molar-refractivity contribution in [1.82, 2.24) is 0 Å². The second kappa shape index (κ2) is 7.04. The number of nitrogens with two attached hydrogens (primary N) is 2. The number of benzene rings is 2. The average Bonchev–Trinajstić information content (AvgIpc) is 2.45. The maximum Gasteiger partial charge on any atom is 0.256 e. The van der Waals surface area contributed by atoms with Gasteiger partial charge < -0.3 is 11.5 Å². The lowest BCUT2D eigenvalue weighted by atomic mass is 9.91. The van der Waals surface area contributed by atoms with Crippen molar-refractivity contribution in [2.45, 2.75) is 12.3 Å². The molecule has 1 unspecified atom stereocenters. The number of carbonyl (C=O) groups is 1. The standard InChI is InChI=1S/C16H15ClFN3O/c17-14-7-2-1-6-12(14)13(15(22)21-16(19)20)9-10-4-3-5-11(18)8-10/h1-8,13H,9H2,(H4,19,20,21,22). The molecule has 22 heavy (non-hydrogen) atoms. The molecule has 0 heterocycles. The quantitative estimate of drug-likeness (QED) is 0.671. The number of carbonyl (C=O) groups excluding carboxylic acids is 1. The molecular formula is C16H15ClFN3O. The van der Waals surface area contributed by atoms with Crippen molar-refractivity contribution in [2.24, 2.45) is 16.5 Å². The van der Waals surface area contributed by atoms with E-state index in [1.165, 1.54) is 12.1 Å². The van der Waals surface area contributed by atoms with Crippen LogP contribution in [-0.4, -0.2) is 11.9 Å². The molecule has 0 fully saturated rings. The summed E-state index contributed by atoms with van der Waals surface area (Å²) < 4.78 is 13.3. The zero-order chi connectivity index (χ0) is 16.1. The highest BCUT2D eigenvalue weighted by Crippen LogP contribution is 2.29. The smallest absolute Gasteiger partial charge is 0.256 e. The highest BCUT2D eigenvalue weighted by atomic mass is 35.5. The van der Waals surface area contributed by atoms with Gasteiger partial charge in [-0.15, -0.1) is 0 Å². The van der Waals surface area contributed by atoms with E-state index in [4.69, 9.17) is 23.1 Å². The Morgan fingerprint density at radius 2 is 1.91 bits per heavy atom. The van der Waals surface area contributed by atoms with Gasteiger partial charge in [0.15, 0.2) is 5.96 Å². The van der Waals surface area contributed by atoms with Crippen LogP contribution in [0.4, 0.5) is 4.39 Å². The van der Waals surface area contributed by atoms with Gasteiger partial charge in [0, 0.05) is 5.02 Å². The molecule has 0 saturated heterocycles. The van der Waals surface area contributed by atoms with Crippen molar-refractivity contribution in [2.75, 3.05) is 0 Å². The van der Waals surface area contributed by atoms with E-state index in [1.807, 2.05) is 0 Å². The van der Waals surface area contributed by atoms with E-state index < -0.39 is 11.8 Å². The molecule has 4 nitrogen and oxygen atoms in total. The van der Waals surface area contributed by atoms with E-state index >= 15 is 0 Å². The Morgan fingerprint density at radius 3 is 2.55 bits per heavy atom. The van der Waals surface area contributed by atoms with Gasteiger partial charge in [0.1, 0.15) is 5.82 Å².